The summed E-state index contributed by atoms with van der Waals surface area (Å²) in [6.07, 6.45) is -0.644. The average Bonchev–Trinajstić information content (AvgIpc) is 2.90. The zero-order chi connectivity index (χ0) is 22.7. The van der Waals surface area contributed by atoms with Crippen molar-refractivity contribution in [2.45, 2.75) is 26.1 Å². The molecule has 0 aromatic heterocycles. The smallest absolute Gasteiger partial charge is 0.263 e. The van der Waals surface area contributed by atoms with Gasteiger partial charge in [-0.05, 0) is 61.0 Å². The van der Waals surface area contributed by atoms with Crippen molar-refractivity contribution in [2.75, 3.05) is 12.4 Å². The second kappa shape index (κ2) is 9.09. The van der Waals surface area contributed by atoms with Gasteiger partial charge in [-0.15, -0.1) is 0 Å². The Morgan fingerprint density at radius 3 is 2.75 bits per heavy atom. The number of anilines is 1. The van der Waals surface area contributed by atoms with Crippen LogP contribution in [0.25, 0.3) is 0 Å². The number of carbonyl (C=O) groups is 2. The molecule has 1 heterocycles. The molecule has 0 aliphatic carbocycles. The van der Waals surface area contributed by atoms with Crippen molar-refractivity contribution in [3.8, 4) is 11.5 Å². The SMILES string of the molecule is COc1cccc(CN2Cc3cc(NC(=O)c4cccc(F)c4)ccc3O[C@@H](C)C2=O)c1. The molecule has 0 radical (unpaired) electrons. The molecule has 1 N–H and O–H groups in total. The molecular formula is C25H23FN2O4. The first-order valence-corrected chi connectivity index (χ1v) is 10.2. The Bertz CT molecular complexity index is 1160. The Balaban J connectivity index is 1.57. The van der Waals surface area contributed by atoms with Gasteiger partial charge in [0.25, 0.3) is 11.8 Å². The standard InChI is InChI=1S/C25H23FN2O4/c1-16-25(30)28(14-17-5-3-8-22(11-17)31-2)15-19-13-21(9-10-23(19)32-16)27-24(29)18-6-4-7-20(26)12-18/h3-13,16H,14-15H2,1-2H3,(H,27,29)/t16-/m0/s1. The molecule has 3 aromatic rings. The molecule has 0 bridgehead atoms. The summed E-state index contributed by atoms with van der Waals surface area (Å²) in [5, 5.41) is 2.78. The van der Waals surface area contributed by atoms with Crippen molar-refractivity contribution in [3.05, 3.63) is 89.2 Å². The van der Waals surface area contributed by atoms with E-state index in [9.17, 15) is 14.0 Å². The van der Waals surface area contributed by atoms with E-state index in [0.717, 1.165) is 16.9 Å². The zero-order valence-electron chi connectivity index (χ0n) is 17.8. The number of amides is 2. The van der Waals surface area contributed by atoms with Crippen molar-refractivity contribution in [3.63, 3.8) is 0 Å². The number of nitrogens with zero attached hydrogens (tertiary/aromatic N) is 1. The van der Waals surface area contributed by atoms with E-state index in [-0.39, 0.29) is 11.5 Å². The summed E-state index contributed by atoms with van der Waals surface area (Å²) in [4.78, 5) is 27.1. The molecule has 32 heavy (non-hydrogen) atoms. The number of hydrogen-bond acceptors (Lipinski definition) is 4. The minimum atomic E-state index is -0.644. The van der Waals surface area contributed by atoms with Gasteiger partial charge < -0.3 is 19.7 Å². The third-order valence-electron chi connectivity index (χ3n) is 5.24. The predicted molar refractivity (Wildman–Crippen MR) is 118 cm³/mol. The lowest BCUT2D eigenvalue weighted by molar-refractivity contribution is -0.138. The molecule has 0 saturated carbocycles. The lowest BCUT2D eigenvalue weighted by atomic mass is 10.1. The maximum absolute atomic E-state index is 13.4. The van der Waals surface area contributed by atoms with E-state index < -0.39 is 17.8 Å². The third kappa shape index (κ3) is 4.72. The fourth-order valence-electron chi connectivity index (χ4n) is 3.64. The van der Waals surface area contributed by atoms with Crippen LogP contribution in [-0.2, 0) is 17.9 Å². The van der Waals surface area contributed by atoms with Crippen LogP contribution in [0.5, 0.6) is 11.5 Å². The molecule has 1 atom stereocenters. The molecule has 164 valence electrons. The Morgan fingerprint density at radius 2 is 1.97 bits per heavy atom. The second-order valence-corrected chi connectivity index (χ2v) is 7.59. The monoisotopic (exact) mass is 434 g/mol. The highest BCUT2D eigenvalue weighted by Crippen LogP contribution is 2.30. The molecule has 0 saturated heterocycles. The Labute approximate surface area is 185 Å². The highest BCUT2D eigenvalue weighted by Gasteiger charge is 2.28. The molecule has 1 aliphatic rings. The summed E-state index contributed by atoms with van der Waals surface area (Å²) in [6, 6.07) is 18.2. The van der Waals surface area contributed by atoms with Crippen LogP contribution in [0.4, 0.5) is 10.1 Å². The fraction of sp³-hybridized carbons (Fsp3) is 0.200. The van der Waals surface area contributed by atoms with E-state index >= 15 is 0 Å². The number of benzene rings is 3. The first-order chi connectivity index (χ1) is 15.4. The van der Waals surface area contributed by atoms with Crippen LogP contribution in [0.3, 0.4) is 0 Å². The topological polar surface area (TPSA) is 67.9 Å². The van der Waals surface area contributed by atoms with Gasteiger partial charge in [0.15, 0.2) is 6.10 Å². The van der Waals surface area contributed by atoms with Crippen molar-refractivity contribution < 1.29 is 23.5 Å². The van der Waals surface area contributed by atoms with Gasteiger partial charge in [-0.3, -0.25) is 9.59 Å². The summed E-state index contributed by atoms with van der Waals surface area (Å²) in [7, 11) is 1.60. The number of rotatable bonds is 5. The van der Waals surface area contributed by atoms with E-state index in [1.54, 1.807) is 43.2 Å². The highest BCUT2D eigenvalue weighted by molar-refractivity contribution is 6.04. The van der Waals surface area contributed by atoms with E-state index in [2.05, 4.69) is 5.32 Å². The van der Waals surface area contributed by atoms with Crippen LogP contribution >= 0.6 is 0 Å². The molecule has 0 spiro atoms. The minimum Gasteiger partial charge on any atom is -0.497 e. The molecule has 7 heteroatoms. The van der Waals surface area contributed by atoms with Crippen molar-refractivity contribution in [1.29, 1.82) is 0 Å². The van der Waals surface area contributed by atoms with Gasteiger partial charge in [-0.1, -0.05) is 18.2 Å². The van der Waals surface area contributed by atoms with Crippen molar-refractivity contribution >= 4 is 17.5 Å². The lowest BCUT2D eigenvalue weighted by Crippen LogP contribution is -2.37. The molecule has 0 fully saturated rings. The average molecular weight is 434 g/mol. The number of methoxy groups -OCH3 is 1. The number of halogens is 1. The summed E-state index contributed by atoms with van der Waals surface area (Å²) >= 11 is 0. The summed E-state index contributed by atoms with van der Waals surface area (Å²) in [5.41, 5.74) is 2.45. The molecule has 6 nitrogen and oxygen atoms in total. The quantitative estimate of drug-likeness (QED) is 0.647. The van der Waals surface area contributed by atoms with E-state index in [0.29, 0.717) is 24.5 Å². The molecule has 1 aliphatic heterocycles. The molecule has 3 aromatic carbocycles. The number of fused-ring (bicyclic) bond motifs is 1. The number of nitrogens with one attached hydrogen (secondary N) is 1. The Morgan fingerprint density at radius 1 is 1.16 bits per heavy atom. The van der Waals surface area contributed by atoms with E-state index in [1.807, 2.05) is 24.3 Å². The highest BCUT2D eigenvalue weighted by atomic mass is 19.1. The zero-order valence-corrected chi connectivity index (χ0v) is 17.8. The van der Waals surface area contributed by atoms with Crippen LogP contribution in [0, 0.1) is 5.82 Å². The number of carbonyl (C=O) groups excluding carboxylic acids is 2. The van der Waals surface area contributed by atoms with Gasteiger partial charge in [0.05, 0.1) is 7.11 Å². The normalized spacial score (nSPS) is 15.4. The van der Waals surface area contributed by atoms with Gasteiger partial charge in [0, 0.05) is 29.9 Å². The van der Waals surface area contributed by atoms with Crippen LogP contribution < -0.4 is 14.8 Å². The Hall–Kier alpha value is -3.87. The molecular weight excluding hydrogens is 411 g/mol. The second-order valence-electron chi connectivity index (χ2n) is 7.59. The molecule has 2 amide bonds. The van der Waals surface area contributed by atoms with E-state index in [1.165, 1.54) is 18.2 Å². The first kappa shape index (κ1) is 21.4. The maximum Gasteiger partial charge on any atom is 0.263 e. The Kier molecular flexibility index (Phi) is 6.07. The van der Waals surface area contributed by atoms with Crippen molar-refractivity contribution in [1.82, 2.24) is 4.90 Å². The minimum absolute atomic E-state index is 0.130. The first-order valence-electron chi connectivity index (χ1n) is 10.2. The predicted octanol–water partition coefficient (Wildman–Crippen LogP) is 4.40. The summed E-state index contributed by atoms with van der Waals surface area (Å²) < 4.78 is 24.6. The van der Waals surface area contributed by atoms with Crippen LogP contribution in [0.15, 0.2) is 66.7 Å². The summed E-state index contributed by atoms with van der Waals surface area (Å²) in [5.74, 6) is 0.277. The summed E-state index contributed by atoms with van der Waals surface area (Å²) in [6.45, 7) is 2.43. The van der Waals surface area contributed by atoms with Gasteiger partial charge >= 0.3 is 0 Å². The van der Waals surface area contributed by atoms with Gasteiger partial charge in [-0.25, -0.2) is 4.39 Å². The molecule has 4 rings (SSSR count). The van der Waals surface area contributed by atoms with E-state index in [4.69, 9.17) is 9.47 Å². The van der Waals surface area contributed by atoms with Crippen LogP contribution in [-0.4, -0.2) is 29.9 Å². The maximum atomic E-state index is 13.4. The van der Waals surface area contributed by atoms with Gasteiger partial charge in [0.2, 0.25) is 0 Å². The number of hydrogen-bond donors (Lipinski definition) is 1. The lowest BCUT2D eigenvalue weighted by Gasteiger charge is -2.22. The third-order valence-corrected chi connectivity index (χ3v) is 5.24. The van der Waals surface area contributed by atoms with Crippen molar-refractivity contribution in [2.24, 2.45) is 0 Å². The largest absolute Gasteiger partial charge is 0.497 e. The number of ether oxygens (including phenoxy) is 2. The fourth-order valence-corrected chi connectivity index (χ4v) is 3.64. The van der Waals surface area contributed by atoms with Crippen LogP contribution in [0.2, 0.25) is 0 Å². The van der Waals surface area contributed by atoms with Gasteiger partial charge in [-0.2, -0.15) is 0 Å². The van der Waals surface area contributed by atoms with Crippen LogP contribution in [0.1, 0.15) is 28.4 Å². The molecule has 0 unspecified atom stereocenters. The van der Waals surface area contributed by atoms with Gasteiger partial charge in [0.1, 0.15) is 17.3 Å².